The molecule has 12 rings (SSSR count). The van der Waals surface area contributed by atoms with Gasteiger partial charge in [0.05, 0.1) is 70.6 Å². The Morgan fingerprint density at radius 3 is 1.01 bits per heavy atom. The maximum Gasteiger partial charge on any atom is 0.488 e. The van der Waals surface area contributed by atoms with E-state index in [9.17, 15) is 34.2 Å². The number of carbonyl (C=O) groups excluding carboxylic acids is 5. The predicted molar refractivity (Wildman–Crippen MR) is 347 cm³/mol. The molecule has 548 valence electrons. The average Bonchev–Trinajstić information content (AvgIpc) is 1.66. The monoisotopic (exact) mass is 1440 g/mol. The predicted octanol–water partition coefficient (Wildman–Crippen LogP) is 7.19. The molecule has 10 atom stereocenters. The van der Waals surface area contributed by atoms with E-state index in [0.29, 0.717) is 101 Å². The van der Waals surface area contributed by atoms with Gasteiger partial charge in [0.1, 0.15) is 47.6 Å². The Hall–Kier alpha value is -6.75. The molecule has 5 fully saturated rings. The fourth-order valence-corrected chi connectivity index (χ4v) is 11.2. The van der Waals surface area contributed by atoms with E-state index in [2.05, 4.69) is 0 Å². The summed E-state index contributed by atoms with van der Waals surface area (Å²) in [7, 11) is -1.41. The summed E-state index contributed by atoms with van der Waals surface area (Å²) in [6, 6.07) is 13.3. The Morgan fingerprint density at radius 1 is 0.404 bits per heavy atom. The third kappa shape index (κ3) is 20.5. The van der Waals surface area contributed by atoms with Gasteiger partial charge in [-0.2, -0.15) is 0 Å². The highest BCUT2D eigenvalue weighted by Gasteiger charge is 2.52. The molecular weight excluding hydrogens is 1350 g/mol. The molecular formula is C67H89BCl2O29. The number of carbonyl (C=O) groups is 5. The van der Waals surface area contributed by atoms with Gasteiger partial charge in [0.15, 0.2) is 76.7 Å². The van der Waals surface area contributed by atoms with Crippen molar-refractivity contribution in [3.63, 3.8) is 0 Å². The maximum atomic E-state index is 12.4. The van der Waals surface area contributed by atoms with Gasteiger partial charge in [0.2, 0.25) is 11.5 Å². The van der Waals surface area contributed by atoms with Crippen LogP contribution in [0.25, 0.3) is 5.57 Å². The lowest BCUT2D eigenvalue weighted by Gasteiger charge is -2.22. The van der Waals surface area contributed by atoms with E-state index in [1.54, 1.807) is 97.0 Å². The molecule has 10 heterocycles. The summed E-state index contributed by atoms with van der Waals surface area (Å²) in [5.41, 5.74) is 2.62. The Labute approximate surface area is 584 Å². The Bertz CT molecular complexity index is 3210. The van der Waals surface area contributed by atoms with Crippen molar-refractivity contribution in [2.75, 3.05) is 59.5 Å². The van der Waals surface area contributed by atoms with Gasteiger partial charge in [-0.15, -0.1) is 0 Å². The number of aliphatic hydroxyl groups is 3. The van der Waals surface area contributed by atoms with E-state index < -0.39 is 114 Å². The molecule has 32 heteroatoms. The molecule has 0 aromatic heterocycles. The molecule has 0 bridgehead atoms. The summed E-state index contributed by atoms with van der Waals surface area (Å²) in [6.45, 7) is 32.1. The van der Waals surface area contributed by atoms with Gasteiger partial charge in [-0.25, -0.2) is 24.0 Å². The van der Waals surface area contributed by atoms with Crippen LogP contribution in [0.1, 0.15) is 116 Å². The van der Waals surface area contributed by atoms with Crippen molar-refractivity contribution in [2.24, 2.45) is 0 Å². The first-order valence-corrected chi connectivity index (χ1v) is 32.8. The van der Waals surface area contributed by atoms with Crippen molar-refractivity contribution in [2.45, 2.75) is 201 Å². The van der Waals surface area contributed by atoms with Crippen molar-refractivity contribution in [3.8, 4) is 0 Å². The highest BCUT2D eigenvalue weighted by Crippen LogP contribution is 2.40. The molecule has 2 aromatic carbocycles. The number of ether oxygens (including phenoxy) is 19. The number of esters is 5. The second kappa shape index (κ2) is 33.4. The van der Waals surface area contributed by atoms with Gasteiger partial charge < -0.3 is 115 Å². The van der Waals surface area contributed by atoms with E-state index in [1.807, 2.05) is 62.3 Å². The van der Waals surface area contributed by atoms with Crippen LogP contribution in [0.4, 0.5) is 0 Å². The zero-order valence-electron chi connectivity index (χ0n) is 58.1. The lowest BCUT2D eigenvalue weighted by Crippen LogP contribution is -2.33. The number of hydrogen-bond acceptors (Lipinski definition) is 29. The highest BCUT2D eigenvalue weighted by molar-refractivity contribution is 6.58. The van der Waals surface area contributed by atoms with Gasteiger partial charge in [-0.3, -0.25) is 0 Å². The molecule has 0 radical (unpaired) electrons. The SMILES string of the molecule is CC1(C)OC[C@@H]([C@H]2OC(=O)C(O)=C2O)O1.CCOC1=C(C)C(=O)O[C@@H]1[C@@H]1COC(C)(C)O1.CCOC1=C(C)C(=O)O[C@@H]1[C@@H]1COC(C)(C)O1.CCOC1=C(O)C(=O)O[C@@H]1[C@@H]1COC(C)(C)O1.CCOC1=C(c2ccc(Cl)cc2)C(=O)O[C@@H]1[C@@H]1COC(C)(C)O1.OB(O)c1ccc(Cl)cc1. The van der Waals surface area contributed by atoms with Crippen LogP contribution in [0.2, 0.25) is 10.0 Å². The Balaban J connectivity index is 0.000000169. The summed E-state index contributed by atoms with van der Waals surface area (Å²) >= 11 is 11.5. The first kappa shape index (κ1) is 79.6. The van der Waals surface area contributed by atoms with E-state index in [0.717, 1.165) is 0 Å². The van der Waals surface area contributed by atoms with Crippen LogP contribution < -0.4 is 5.46 Å². The van der Waals surface area contributed by atoms with Gasteiger partial charge in [0.25, 0.3) is 0 Å². The van der Waals surface area contributed by atoms with Crippen LogP contribution >= 0.6 is 23.2 Å². The summed E-state index contributed by atoms with van der Waals surface area (Å²) in [6.07, 6.45) is -5.30. The van der Waals surface area contributed by atoms with Crippen molar-refractivity contribution in [1.29, 1.82) is 0 Å². The zero-order valence-corrected chi connectivity index (χ0v) is 59.6. The molecule has 99 heavy (non-hydrogen) atoms. The molecule has 10 aliphatic rings. The number of rotatable bonds is 15. The molecule has 0 aliphatic carbocycles. The molecule has 10 aliphatic heterocycles. The minimum Gasteiger partial charge on any atom is -0.505 e. The van der Waals surface area contributed by atoms with Crippen LogP contribution in [-0.2, 0) is 114 Å². The minimum absolute atomic E-state index is 0.129. The summed E-state index contributed by atoms with van der Waals surface area (Å²) in [4.78, 5) is 57.7. The van der Waals surface area contributed by atoms with Crippen molar-refractivity contribution < 1.29 is 139 Å². The normalized spacial score (nSPS) is 28.8. The second-order valence-corrected chi connectivity index (χ2v) is 26.2. The lowest BCUT2D eigenvalue weighted by molar-refractivity contribution is -0.163. The van der Waals surface area contributed by atoms with Crippen molar-refractivity contribution >= 4 is 71.2 Å². The van der Waals surface area contributed by atoms with Gasteiger partial charge in [-0.05, 0) is 146 Å². The van der Waals surface area contributed by atoms with Gasteiger partial charge >= 0.3 is 37.0 Å². The highest BCUT2D eigenvalue weighted by atomic mass is 35.5. The van der Waals surface area contributed by atoms with Crippen LogP contribution in [0.3, 0.4) is 0 Å². The first-order valence-electron chi connectivity index (χ1n) is 32.1. The molecule has 0 amide bonds. The van der Waals surface area contributed by atoms with Crippen LogP contribution in [-0.4, -0.2) is 212 Å². The van der Waals surface area contributed by atoms with E-state index >= 15 is 0 Å². The van der Waals surface area contributed by atoms with Crippen LogP contribution in [0.5, 0.6) is 0 Å². The molecule has 5 saturated heterocycles. The number of hydrogen-bond donors (Lipinski definition) is 5. The molecule has 5 N–H and O–H groups in total. The molecule has 0 spiro atoms. The zero-order chi connectivity index (χ0) is 73.3. The van der Waals surface area contributed by atoms with Crippen molar-refractivity contribution in [3.05, 3.63) is 116 Å². The standard InChI is InChI=1S/C17H19ClO5.2C12H18O5.C11H16O6.C9H12O6.C6H6BClO2/c1-4-20-15-13(10-5-7-11(18)8-6-10)16(19)22-14(15)12-9-21-17(2,3)23-12;2*1-5-14-9-7(2)11(13)16-10(9)8-6-15-12(3,4)17-8;1-4-14-9-7(12)10(13)16-8(9)6-5-15-11(2,3)17-6;1-9(2)13-3-4(15-9)7-5(10)6(11)8(12)14-7;8-6-3-1-5(2-4-6)7(9)10/h5-8,12,14H,4,9H2,1-3H3;2*8,10H,5-6H2,1-4H3;6,8,12H,4-5H2,1-3H3;4,7,10-11H,3H2,1-2H3;1-4,9-10H/t12-,14+;2*8-,10+;6-,8+;4-,7+;/m00000./s1. The van der Waals surface area contributed by atoms with E-state index in [-0.39, 0.29) is 49.2 Å². The second-order valence-electron chi connectivity index (χ2n) is 25.3. The van der Waals surface area contributed by atoms with Crippen LogP contribution in [0, 0.1) is 0 Å². The number of halogens is 2. The number of aliphatic hydroxyl groups excluding tert-OH is 3. The van der Waals surface area contributed by atoms with Gasteiger partial charge in [-0.1, -0.05) is 47.5 Å². The molecule has 0 unspecified atom stereocenters. The third-order valence-corrected chi connectivity index (χ3v) is 16.0. The average molecular weight is 1440 g/mol. The molecule has 0 saturated carbocycles. The summed E-state index contributed by atoms with van der Waals surface area (Å²) in [5.74, 6) is -6.24. The molecule has 29 nitrogen and oxygen atoms in total. The fraction of sp³-hybridized carbons (Fsp3) is 0.597. The van der Waals surface area contributed by atoms with Crippen LogP contribution in [0.15, 0.2) is 100.0 Å². The quantitative estimate of drug-likeness (QED) is 0.0668. The van der Waals surface area contributed by atoms with Crippen molar-refractivity contribution in [1.82, 2.24) is 0 Å². The lowest BCUT2D eigenvalue weighted by atomic mass is 9.81. The van der Waals surface area contributed by atoms with E-state index in [4.69, 9.17) is 128 Å². The summed E-state index contributed by atoms with van der Waals surface area (Å²) in [5, 5.41) is 46.5. The van der Waals surface area contributed by atoms with E-state index in [1.165, 1.54) is 0 Å². The maximum absolute atomic E-state index is 12.4. The largest absolute Gasteiger partial charge is 0.505 e. The fourth-order valence-electron chi connectivity index (χ4n) is 10.9. The number of cyclic esters (lactones) is 5. The smallest absolute Gasteiger partial charge is 0.488 e. The first-order chi connectivity index (χ1) is 46.3. The topological polar surface area (TPSA) is 362 Å². The Kier molecular flexibility index (Phi) is 26.8. The number of benzene rings is 2. The Morgan fingerprint density at radius 2 is 0.687 bits per heavy atom. The molecule has 2 aromatic rings. The minimum atomic E-state index is -1.41. The third-order valence-electron chi connectivity index (χ3n) is 15.5. The summed E-state index contributed by atoms with van der Waals surface area (Å²) < 4.78 is 103. The van der Waals surface area contributed by atoms with Gasteiger partial charge in [0, 0.05) is 10.0 Å².